The third-order valence-electron chi connectivity index (χ3n) is 2.43. The largest absolute Gasteiger partial charge is 0.487 e. The molecule has 0 fully saturated rings. The summed E-state index contributed by atoms with van der Waals surface area (Å²) >= 11 is 6.10. The average Bonchev–Trinajstić information content (AvgIpc) is 2.33. The van der Waals surface area contributed by atoms with Gasteiger partial charge in [0.15, 0.2) is 5.75 Å². The maximum absolute atomic E-state index is 11.8. The molecule has 0 aliphatic rings. The first-order chi connectivity index (χ1) is 9.04. The second-order valence-corrected chi connectivity index (χ2v) is 4.95. The van der Waals surface area contributed by atoms with Crippen molar-refractivity contribution in [1.29, 1.82) is 0 Å². The highest BCUT2D eigenvalue weighted by atomic mass is 35.5. The summed E-state index contributed by atoms with van der Waals surface area (Å²) in [6.07, 6.45) is 1.26. The lowest BCUT2D eigenvalue weighted by atomic mass is 10.2. The van der Waals surface area contributed by atoms with Gasteiger partial charge in [-0.15, -0.1) is 0 Å². The van der Waals surface area contributed by atoms with Crippen molar-refractivity contribution in [3.8, 4) is 5.75 Å². The van der Waals surface area contributed by atoms with Gasteiger partial charge in [-0.05, 0) is 46.0 Å². The molecule has 0 heterocycles. The van der Waals surface area contributed by atoms with E-state index in [2.05, 4.69) is 10.6 Å². The van der Waals surface area contributed by atoms with Crippen LogP contribution in [0.4, 0.5) is 5.69 Å². The number of anilines is 1. The SMILES string of the molecule is CNCCCC(=O)Nc1cccc(Cl)c1OC(C)C. The zero-order valence-electron chi connectivity index (χ0n) is 11.6. The van der Waals surface area contributed by atoms with E-state index in [-0.39, 0.29) is 12.0 Å². The number of para-hydroxylation sites is 1. The fourth-order valence-electron chi connectivity index (χ4n) is 1.60. The van der Waals surface area contributed by atoms with Crippen molar-refractivity contribution in [3.63, 3.8) is 0 Å². The Kier molecular flexibility index (Phi) is 6.67. The summed E-state index contributed by atoms with van der Waals surface area (Å²) in [7, 11) is 1.86. The van der Waals surface area contributed by atoms with Crippen LogP contribution in [0.15, 0.2) is 18.2 Å². The minimum absolute atomic E-state index is 0.000145. The highest BCUT2D eigenvalue weighted by Crippen LogP contribution is 2.33. The molecule has 0 saturated carbocycles. The van der Waals surface area contributed by atoms with Gasteiger partial charge >= 0.3 is 0 Å². The number of carbonyl (C=O) groups excluding carboxylic acids is 1. The molecule has 106 valence electrons. The topological polar surface area (TPSA) is 50.4 Å². The minimum atomic E-state index is -0.0360. The van der Waals surface area contributed by atoms with Gasteiger partial charge in [0.1, 0.15) is 0 Å². The predicted molar refractivity (Wildman–Crippen MR) is 79.0 cm³/mol. The van der Waals surface area contributed by atoms with Gasteiger partial charge in [0, 0.05) is 6.42 Å². The van der Waals surface area contributed by atoms with E-state index in [1.54, 1.807) is 18.2 Å². The number of nitrogens with one attached hydrogen (secondary N) is 2. The molecule has 4 nitrogen and oxygen atoms in total. The highest BCUT2D eigenvalue weighted by Gasteiger charge is 2.12. The van der Waals surface area contributed by atoms with Crippen LogP contribution in [0.5, 0.6) is 5.75 Å². The molecule has 0 radical (unpaired) electrons. The van der Waals surface area contributed by atoms with E-state index in [4.69, 9.17) is 16.3 Å². The number of halogens is 1. The molecule has 0 aliphatic carbocycles. The number of hydrogen-bond donors (Lipinski definition) is 2. The molecule has 0 atom stereocenters. The standard InChI is InChI=1S/C14H21ClN2O2/c1-10(2)19-14-11(15)6-4-7-12(14)17-13(18)8-5-9-16-3/h4,6-7,10,16H,5,8-9H2,1-3H3,(H,17,18). The first kappa shape index (κ1) is 15.8. The van der Waals surface area contributed by atoms with Crippen LogP contribution < -0.4 is 15.4 Å². The monoisotopic (exact) mass is 284 g/mol. The molecule has 0 saturated heterocycles. The van der Waals surface area contributed by atoms with Crippen LogP contribution in [0.1, 0.15) is 26.7 Å². The molecule has 0 unspecified atom stereocenters. The summed E-state index contributed by atoms with van der Waals surface area (Å²) in [6, 6.07) is 5.33. The summed E-state index contributed by atoms with van der Waals surface area (Å²) in [5.41, 5.74) is 0.621. The molecular weight excluding hydrogens is 264 g/mol. The average molecular weight is 285 g/mol. The number of ether oxygens (including phenoxy) is 1. The van der Waals surface area contributed by atoms with Crippen molar-refractivity contribution in [1.82, 2.24) is 5.32 Å². The summed E-state index contributed by atoms with van der Waals surface area (Å²) in [5.74, 6) is 0.493. The molecule has 1 rings (SSSR count). The van der Waals surface area contributed by atoms with E-state index >= 15 is 0 Å². The van der Waals surface area contributed by atoms with Crippen LogP contribution in [0.25, 0.3) is 0 Å². The molecule has 1 amide bonds. The number of benzene rings is 1. The van der Waals surface area contributed by atoms with Gasteiger partial charge in [-0.3, -0.25) is 4.79 Å². The first-order valence-electron chi connectivity index (χ1n) is 6.44. The summed E-state index contributed by atoms with van der Waals surface area (Å²) in [4.78, 5) is 11.8. The highest BCUT2D eigenvalue weighted by molar-refractivity contribution is 6.32. The van der Waals surface area contributed by atoms with Crippen molar-refractivity contribution >= 4 is 23.2 Å². The summed E-state index contributed by atoms with van der Waals surface area (Å²) in [6.45, 7) is 4.65. The van der Waals surface area contributed by atoms with Crippen molar-refractivity contribution in [3.05, 3.63) is 23.2 Å². The maximum Gasteiger partial charge on any atom is 0.224 e. The van der Waals surface area contributed by atoms with Crippen LogP contribution in [-0.4, -0.2) is 25.6 Å². The number of carbonyl (C=O) groups is 1. The zero-order valence-corrected chi connectivity index (χ0v) is 12.4. The lowest BCUT2D eigenvalue weighted by molar-refractivity contribution is -0.116. The second-order valence-electron chi connectivity index (χ2n) is 4.54. The fourth-order valence-corrected chi connectivity index (χ4v) is 1.82. The molecule has 1 aromatic carbocycles. The Morgan fingerprint density at radius 2 is 2.16 bits per heavy atom. The van der Waals surface area contributed by atoms with Gasteiger partial charge in [0.2, 0.25) is 5.91 Å². The molecule has 0 bridgehead atoms. The quantitative estimate of drug-likeness (QED) is 0.757. The van der Waals surface area contributed by atoms with Gasteiger partial charge in [-0.1, -0.05) is 17.7 Å². The number of hydrogen-bond acceptors (Lipinski definition) is 3. The van der Waals surface area contributed by atoms with E-state index < -0.39 is 0 Å². The van der Waals surface area contributed by atoms with Crippen LogP contribution in [-0.2, 0) is 4.79 Å². The van der Waals surface area contributed by atoms with Gasteiger partial charge in [-0.25, -0.2) is 0 Å². The van der Waals surface area contributed by atoms with Gasteiger partial charge < -0.3 is 15.4 Å². The summed E-state index contributed by atoms with van der Waals surface area (Å²) in [5, 5.41) is 6.35. The molecule has 0 spiro atoms. The molecule has 0 aliphatic heterocycles. The Bertz CT molecular complexity index is 422. The van der Waals surface area contributed by atoms with E-state index in [0.717, 1.165) is 13.0 Å². The molecule has 2 N–H and O–H groups in total. The molecule has 5 heteroatoms. The first-order valence-corrected chi connectivity index (χ1v) is 6.82. The van der Waals surface area contributed by atoms with Gasteiger partial charge in [-0.2, -0.15) is 0 Å². The summed E-state index contributed by atoms with van der Waals surface area (Å²) < 4.78 is 5.64. The maximum atomic E-state index is 11.8. The Labute approximate surface area is 119 Å². The van der Waals surface area contributed by atoms with E-state index in [0.29, 0.717) is 22.9 Å². The number of amides is 1. The normalized spacial score (nSPS) is 10.6. The van der Waals surface area contributed by atoms with Crippen molar-refractivity contribution < 1.29 is 9.53 Å². The van der Waals surface area contributed by atoms with Crippen LogP contribution in [0.2, 0.25) is 5.02 Å². The smallest absolute Gasteiger partial charge is 0.224 e. The third-order valence-corrected chi connectivity index (χ3v) is 2.72. The van der Waals surface area contributed by atoms with Gasteiger partial charge in [0.25, 0.3) is 0 Å². The minimum Gasteiger partial charge on any atom is -0.487 e. The Morgan fingerprint density at radius 3 is 2.79 bits per heavy atom. The molecule has 19 heavy (non-hydrogen) atoms. The third kappa shape index (κ3) is 5.49. The van der Waals surface area contributed by atoms with Crippen molar-refractivity contribution in [2.75, 3.05) is 18.9 Å². The fraction of sp³-hybridized carbons (Fsp3) is 0.500. The van der Waals surface area contributed by atoms with E-state index in [1.165, 1.54) is 0 Å². The second kappa shape index (κ2) is 8.02. The van der Waals surface area contributed by atoms with Crippen molar-refractivity contribution in [2.24, 2.45) is 0 Å². The van der Waals surface area contributed by atoms with E-state index in [1.807, 2.05) is 20.9 Å². The number of rotatable bonds is 7. The predicted octanol–water partition coefficient (Wildman–Crippen LogP) is 3.07. The van der Waals surface area contributed by atoms with E-state index in [9.17, 15) is 4.79 Å². The lowest BCUT2D eigenvalue weighted by Gasteiger charge is -2.16. The zero-order chi connectivity index (χ0) is 14.3. The molecular formula is C14H21ClN2O2. The Balaban J connectivity index is 2.71. The van der Waals surface area contributed by atoms with Crippen LogP contribution in [0, 0.1) is 0 Å². The molecule has 1 aromatic rings. The van der Waals surface area contributed by atoms with Crippen LogP contribution >= 0.6 is 11.6 Å². The Hall–Kier alpha value is -1.26. The van der Waals surface area contributed by atoms with Gasteiger partial charge in [0.05, 0.1) is 16.8 Å². The Morgan fingerprint density at radius 1 is 1.42 bits per heavy atom. The van der Waals surface area contributed by atoms with Crippen LogP contribution in [0.3, 0.4) is 0 Å². The lowest BCUT2D eigenvalue weighted by Crippen LogP contribution is -2.16. The van der Waals surface area contributed by atoms with Crippen molar-refractivity contribution in [2.45, 2.75) is 32.8 Å². The molecule has 0 aromatic heterocycles.